The van der Waals surface area contributed by atoms with E-state index in [2.05, 4.69) is 6.08 Å². The van der Waals surface area contributed by atoms with Gasteiger partial charge in [-0.3, -0.25) is 0 Å². The third-order valence-electron chi connectivity index (χ3n) is 3.82. The Morgan fingerprint density at radius 3 is 2.42 bits per heavy atom. The predicted molar refractivity (Wildman–Crippen MR) is 89.8 cm³/mol. The van der Waals surface area contributed by atoms with Crippen LogP contribution < -0.4 is 0 Å². The summed E-state index contributed by atoms with van der Waals surface area (Å²) in [6.45, 7) is 11.3. The minimum atomic E-state index is -0.684. The number of ether oxygens (including phenoxy) is 3. The summed E-state index contributed by atoms with van der Waals surface area (Å²) in [6.07, 6.45) is 3.20. The molecule has 1 saturated heterocycles. The van der Waals surface area contributed by atoms with Gasteiger partial charge in [-0.2, -0.15) is 0 Å². The fraction of sp³-hybridized carbons (Fsp3) is 0.778. The van der Waals surface area contributed by atoms with Crippen LogP contribution in [0.15, 0.2) is 11.6 Å². The fourth-order valence-corrected chi connectivity index (χ4v) is 2.81. The number of nitrogens with zero attached hydrogens (tertiary/aromatic N) is 1. The van der Waals surface area contributed by atoms with Gasteiger partial charge in [0.05, 0.1) is 12.2 Å². The smallest absolute Gasteiger partial charge is 0.420 e. The maximum Gasteiger partial charge on any atom is 0.420 e. The molecule has 0 bridgehead atoms. The summed E-state index contributed by atoms with van der Waals surface area (Å²) in [7, 11) is 0. The van der Waals surface area contributed by atoms with Crippen LogP contribution in [0.4, 0.5) is 9.59 Å². The van der Waals surface area contributed by atoms with E-state index >= 15 is 0 Å². The molecule has 2 rings (SSSR count). The van der Waals surface area contributed by atoms with Crippen LogP contribution in [0.5, 0.6) is 0 Å². The van der Waals surface area contributed by atoms with Crippen LogP contribution in [-0.4, -0.2) is 47.0 Å². The molecule has 6 heteroatoms. The lowest BCUT2D eigenvalue weighted by atomic mass is 10.0. The monoisotopic (exact) mass is 339 g/mol. The van der Waals surface area contributed by atoms with E-state index in [9.17, 15) is 9.59 Å². The van der Waals surface area contributed by atoms with Crippen LogP contribution in [0, 0.1) is 0 Å². The second-order valence-electron chi connectivity index (χ2n) is 8.32. The van der Waals surface area contributed by atoms with Crippen molar-refractivity contribution in [2.45, 2.75) is 84.2 Å². The van der Waals surface area contributed by atoms with Gasteiger partial charge < -0.3 is 14.2 Å². The largest absolute Gasteiger partial charge is 0.443 e. The number of allylic oxidation sites excluding steroid dienone is 1. The number of carbonyl (C=O) groups excluding carboxylic acids is 2. The van der Waals surface area contributed by atoms with Crippen molar-refractivity contribution in [3.63, 3.8) is 0 Å². The number of hydrogen-bond acceptors (Lipinski definition) is 5. The number of rotatable bonds is 3. The molecular formula is C18H29NO5. The van der Waals surface area contributed by atoms with E-state index in [1.165, 1.54) is 0 Å². The zero-order valence-electron chi connectivity index (χ0n) is 15.5. The third-order valence-corrected chi connectivity index (χ3v) is 3.82. The summed E-state index contributed by atoms with van der Waals surface area (Å²) in [5, 5.41) is 0. The third kappa shape index (κ3) is 4.72. The first-order valence-electron chi connectivity index (χ1n) is 8.54. The van der Waals surface area contributed by atoms with E-state index < -0.39 is 29.9 Å². The van der Waals surface area contributed by atoms with Crippen LogP contribution in [0.3, 0.4) is 0 Å². The molecule has 6 nitrogen and oxygen atoms in total. The lowest BCUT2D eigenvalue weighted by Crippen LogP contribution is -2.47. The minimum Gasteiger partial charge on any atom is -0.443 e. The van der Waals surface area contributed by atoms with Crippen LogP contribution in [0.1, 0.15) is 60.8 Å². The van der Waals surface area contributed by atoms with Gasteiger partial charge in [0.15, 0.2) is 0 Å². The Morgan fingerprint density at radius 2 is 1.92 bits per heavy atom. The highest BCUT2D eigenvalue weighted by atomic mass is 16.6. The lowest BCUT2D eigenvalue weighted by Gasteiger charge is -2.29. The second-order valence-corrected chi connectivity index (χ2v) is 8.32. The van der Waals surface area contributed by atoms with Crippen molar-refractivity contribution in [3.8, 4) is 0 Å². The Morgan fingerprint density at radius 1 is 1.25 bits per heavy atom. The molecule has 1 heterocycles. The number of imide groups is 1. The second kappa shape index (κ2) is 6.75. The summed E-state index contributed by atoms with van der Waals surface area (Å²) in [4.78, 5) is 25.9. The highest BCUT2D eigenvalue weighted by Gasteiger charge is 2.49. The van der Waals surface area contributed by atoms with E-state index in [-0.39, 0.29) is 12.2 Å². The standard InChI is InChI=1S/C18H29NO5/c1-17(2,3)22-11-13-14(12-9-7-8-10-12)23-15(20)19(13)16(21)24-18(4,5)6/h9,13-14H,7-8,10-11H2,1-6H3/t13-,14-/m0/s1. The Balaban J connectivity index is 2.21. The van der Waals surface area contributed by atoms with E-state index in [0.717, 1.165) is 29.7 Å². The van der Waals surface area contributed by atoms with Crippen molar-refractivity contribution in [1.82, 2.24) is 4.90 Å². The van der Waals surface area contributed by atoms with Crippen LogP contribution in [-0.2, 0) is 14.2 Å². The molecule has 0 N–H and O–H groups in total. The number of hydrogen-bond donors (Lipinski definition) is 0. The van der Waals surface area contributed by atoms with Gasteiger partial charge in [0, 0.05) is 0 Å². The maximum atomic E-state index is 12.5. The predicted octanol–water partition coefficient (Wildman–Crippen LogP) is 4.04. The zero-order valence-corrected chi connectivity index (χ0v) is 15.5. The molecule has 2 amide bonds. The van der Waals surface area contributed by atoms with Gasteiger partial charge in [-0.25, -0.2) is 14.5 Å². The van der Waals surface area contributed by atoms with E-state index in [1.54, 1.807) is 20.8 Å². The average molecular weight is 339 g/mol. The molecule has 24 heavy (non-hydrogen) atoms. The molecule has 1 fully saturated rings. The molecule has 0 unspecified atom stereocenters. The summed E-state index contributed by atoms with van der Waals surface area (Å²) >= 11 is 0. The van der Waals surface area contributed by atoms with Crippen molar-refractivity contribution in [2.24, 2.45) is 0 Å². The average Bonchev–Trinajstić information content (AvgIpc) is 3.00. The molecule has 0 aromatic carbocycles. The normalized spacial score (nSPS) is 24.8. The molecule has 0 aromatic rings. The van der Waals surface area contributed by atoms with Crippen molar-refractivity contribution in [1.29, 1.82) is 0 Å². The molecule has 136 valence electrons. The minimum absolute atomic E-state index is 0.219. The summed E-state index contributed by atoms with van der Waals surface area (Å²) in [6, 6.07) is -0.504. The molecule has 0 saturated carbocycles. The van der Waals surface area contributed by atoms with Gasteiger partial charge in [0.2, 0.25) is 0 Å². The first-order valence-corrected chi connectivity index (χ1v) is 8.54. The molecule has 0 radical (unpaired) electrons. The fourth-order valence-electron chi connectivity index (χ4n) is 2.81. The SMILES string of the molecule is CC(C)(C)OC[C@H]1[C@H](C2=CCCC2)OC(=O)N1C(=O)OC(C)(C)C. The molecule has 0 spiro atoms. The summed E-state index contributed by atoms with van der Waals surface area (Å²) < 4.78 is 16.7. The summed E-state index contributed by atoms with van der Waals surface area (Å²) in [5.74, 6) is 0. The first kappa shape index (κ1) is 18.8. The van der Waals surface area contributed by atoms with E-state index in [1.807, 2.05) is 20.8 Å². The van der Waals surface area contributed by atoms with E-state index in [0.29, 0.717) is 0 Å². The van der Waals surface area contributed by atoms with Crippen LogP contribution in [0.2, 0.25) is 0 Å². The molecule has 1 aliphatic carbocycles. The number of amides is 2. The Labute approximate surface area is 144 Å². The van der Waals surface area contributed by atoms with Gasteiger partial charge in [0.25, 0.3) is 0 Å². The number of cyclic esters (lactones) is 1. The Bertz CT molecular complexity index is 527. The van der Waals surface area contributed by atoms with Crippen LogP contribution >= 0.6 is 0 Å². The number of carbonyl (C=O) groups is 2. The van der Waals surface area contributed by atoms with Crippen molar-refractivity contribution in [2.75, 3.05) is 6.61 Å². The Hall–Kier alpha value is -1.56. The Kier molecular flexibility index (Phi) is 5.28. The van der Waals surface area contributed by atoms with Crippen LogP contribution in [0.25, 0.3) is 0 Å². The van der Waals surface area contributed by atoms with Gasteiger partial charge in [-0.1, -0.05) is 6.08 Å². The maximum absolute atomic E-state index is 12.5. The molecule has 1 aliphatic heterocycles. The van der Waals surface area contributed by atoms with E-state index in [4.69, 9.17) is 14.2 Å². The zero-order chi connectivity index (χ0) is 18.1. The lowest BCUT2D eigenvalue weighted by molar-refractivity contribution is -0.0345. The molecule has 0 aromatic heterocycles. The van der Waals surface area contributed by atoms with Gasteiger partial charge in [-0.15, -0.1) is 0 Å². The van der Waals surface area contributed by atoms with Crippen molar-refractivity contribution in [3.05, 3.63) is 11.6 Å². The molecular weight excluding hydrogens is 310 g/mol. The highest BCUT2D eigenvalue weighted by Crippen LogP contribution is 2.33. The van der Waals surface area contributed by atoms with Gasteiger partial charge >= 0.3 is 12.2 Å². The molecule has 2 atom stereocenters. The quantitative estimate of drug-likeness (QED) is 0.726. The van der Waals surface area contributed by atoms with Gasteiger partial charge in [-0.05, 0) is 66.4 Å². The topological polar surface area (TPSA) is 65.1 Å². The first-order chi connectivity index (χ1) is 11.0. The van der Waals surface area contributed by atoms with Crippen molar-refractivity contribution < 1.29 is 23.8 Å². The van der Waals surface area contributed by atoms with Crippen molar-refractivity contribution >= 4 is 12.2 Å². The summed E-state index contributed by atoms with van der Waals surface area (Å²) in [5.41, 5.74) is 0.00841. The molecule has 2 aliphatic rings. The highest BCUT2D eigenvalue weighted by molar-refractivity contribution is 5.90. The van der Waals surface area contributed by atoms with Gasteiger partial charge in [0.1, 0.15) is 17.7 Å².